The van der Waals surface area contributed by atoms with Crippen LogP contribution in [0.4, 0.5) is 0 Å². The van der Waals surface area contributed by atoms with Crippen molar-refractivity contribution in [1.82, 2.24) is 9.80 Å². The van der Waals surface area contributed by atoms with Crippen LogP contribution in [0.3, 0.4) is 0 Å². The lowest BCUT2D eigenvalue weighted by molar-refractivity contribution is 0.204. The minimum Gasteiger partial charge on any atom is -0.371 e. The third kappa shape index (κ3) is 5.36. The molecular weight excluding hydrogens is 344 g/mol. The SMILES string of the molecule is C=C(N=C/C(=C\C)C(=C)N1CCC2(CC1)CC2CN)C(CC)CN(C)C(C)C. The first-order valence-corrected chi connectivity index (χ1v) is 11.0. The van der Waals surface area contributed by atoms with Crippen molar-refractivity contribution in [2.45, 2.75) is 59.4 Å². The molecule has 2 N–H and O–H groups in total. The monoisotopic (exact) mass is 386 g/mol. The number of rotatable bonds is 10. The van der Waals surface area contributed by atoms with Crippen LogP contribution in [-0.4, -0.2) is 55.3 Å². The van der Waals surface area contributed by atoms with E-state index >= 15 is 0 Å². The Balaban J connectivity index is 1.92. The summed E-state index contributed by atoms with van der Waals surface area (Å²) >= 11 is 0. The largest absolute Gasteiger partial charge is 0.371 e. The maximum atomic E-state index is 5.88. The zero-order valence-corrected chi connectivity index (χ0v) is 18.9. The topological polar surface area (TPSA) is 44.9 Å². The van der Waals surface area contributed by atoms with E-state index in [4.69, 9.17) is 10.7 Å². The molecular formula is C24H42N4. The highest BCUT2D eigenvalue weighted by Gasteiger charge is 2.53. The summed E-state index contributed by atoms with van der Waals surface area (Å²) < 4.78 is 0. The van der Waals surface area contributed by atoms with E-state index in [1.165, 1.54) is 19.3 Å². The Morgan fingerprint density at radius 1 is 1.32 bits per heavy atom. The summed E-state index contributed by atoms with van der Waals surface area (Å²) in [6.45, 7) is 21.4. The molecule has 2 aliphatic rings. The zero-order chi connectivity index (χ0) is 20.9. The zero-order valence-electron chi connectivity index (χ0n) is 18.9. The average molecular weight is 387 g/mol. The molecule has 2 rings (SSSR count). The first-order chi connectivity index (χ1) is 13.3. The molecule has 0 aromatic carbocycles. The van der Waals surface area contributed by atoms with Crippen LogP contribution in [0.15, 0.2) is 41.2 Å². The van der Waals surface area contributed by atoms with Crippen molar-refractivity contribution >= 4 is 6.21 Å². The number of aliphatic imine (C=N–C) groups is 1. The van der Waals surface area contributed by atoms with Gasteiger partial charge in [-0.05, 0) is 71.4 Å². The Hall–Kier alpha value is -1.39. The van der Waals surface area contributed by atoms with E-state index < -0.39 is 0 Å². The first-order valence-electron chi connectivity index (χ1n) is 11.0. The molecule has 0 radical (unpaired) electrons. The van der Waals surface area contributed by atoms with Gasteiger partial charge in [0.15, 0.2) is 0 Å². The van der Waals surface area contributed by atoms with Crippen molar-refractivity contribution in [3.63, 3.8) is 0 Å². The van der Waals surface area contributed by atoms with Gasteiger partial charge in [0.1, 0.15) is 0 Å². The standard InChI is InChI=1S/C24H42N4/c1-8-21(16-26-19(5)22(9-2)17-27(7)18(3)4)20(6)28-12-10-24(11-13-28)14-23(24)15-25/h8,16,18,22-23H,5-6,9-15,17,25H2,1-4,7H3/b21-8+,26-16?. The van der Waals surface area contributed by atoms with Crippen molar-refractivity contribution in [1.29, 1.82) is 0 Å². The molecule has 28 heavy (non-hydrogen) atoms. The highest BCUT2D eigenvalue weighted by atomic mass is 15.1. The summed E-state index contributed by atoms with van der Waals surface area (Å²) in [4.78, 5) is 9.53. The Labute approximate surface area is 173 Å². The van der Waals surface area contributed by atoms with Crippen LogP contribution >= 0.6 is 0 Å². The quantitative estimate of drug-likeness (QED) is 0.445. The Bertz CT molecular complexity index is 608. The smallest absolute Gasteiger partial charge is 0.0379 e. The van der Waals surface area contributed by atoms with E-state index in [2.05, 4.69) is 63.8 Å². The minimum atomic E-state index is 0.382. The molecule has 0 aromatic heterocycles. The molecule has 0 amide bonds. The second-order valence-corrected chi connectivity index (χ2v) is 9.06. The highest BCUT2D eigenvalue weighted by Crippen LogP contribution is 2.59. The molecule has 2 fully saturated rings. The summed E-state index contributed by atoms with van der Waals surface area (Å²) in [6.07, 6.45) is 8.94. The second kappa shape index (κ2) is 9.89. The van der Waals surface area contributed by atoms with Crippen LogP contribution in [0.1, 0.15) is 53.4 Å². The predicted molar refractivity (Wildman–Crippen MR) is 122 cm³/mol. The van der Waals surface area contributed by atoms with Crippen LogP contribution in [0.25, 0.3) is 0 Å². The molecule has 1 saturated heterocycles. The Kier molecular flexibility index (Phi) is 8.08. The van der Waals surface area contributed by atoms with Crippen molar-refractivity contribution in [2.24, 2.45) is 28.0 Å². The molecule has 2 atom stereocenters. The van der Waals surface area contributed by atoms with Gasteiger partial charge < -0.3 is 15.5 Å². The lowest BCUT2D eigenvalue weighted by Gasteiger charge is -2.36. The summed E-state index contributed by atoms with van der Waals surface area (Å²) in [6, 6.07) is 0.532. The maximum Gasteiger partial charge on any atom is 0.0379 e. The van der Waals surface area contributed by atoms with Crippen LogP contribution in [0, 0.1) is 17.3 Å². The van der Waals surface area contributed by atoms with Gasteiger partial charge in [0.25, 0.3) is 0 Å². The predicted octanol–water partition coefficient (Wildman–Crippen LogP) is 4.46. The van der Waals surface area contributed by atoms with Crippen molar-refractivity contribution in [3.8, 4) is 0 Å². The molecule has 1 saturated carbocycles. The number of likely N-dealkylation sites (tertiary alicyclic amines) is 1. The fourth-order valence-corrected chi connectivity index (χ4v) is 4.38. The average Bonchev–Trinajstić information content (AvgIpc) is 3.38. The first kappa shape index (κ1) is 22.9. The number of piperidine rings is 1. The summed E-state index contributed by atoms with van der Waals surface area (Å²) in [5.74, 6) is 1.14. The summed E-state index contributed by atoms with van der Waals surface area (Å²) in [5.41, 5.74) is 9.58. The molecule has 2 unspecified atom stereocenters. The van der Waals surface area contributed by atoms with E-state index in [1.807, 2.05) is 6.21 Å². The fourth-order valence-electron chi connectivity index (χ4n) is 4.38. The van der Waals surface area contributed by atoms with E-state index in [-0.39, 0.29) is 0 Å². The molecule has 1 aliphatic carbocycles. The van der Waals surface area contributed by atoms with E-state index in [9.17, 15) is 0 Å². The third-order valence-corrected chi connectivity index (χ3v) is 7.15. The number of hydrogen-bond acceptors (Lipinski definition) is 4. The molecule has 1 spiro atoms. The molecule has 0 aromatic rings. The van der Waals surface area contributed by atoms with E-state index in [1.54, 1.807) is 0 Å². The number of nitrogens with two attached hydrogens (primary N) is 1. The molecule has 158 valence electrons. The van der Waals surface area contributed by atoms with Gasteiger partial charge in [0.2, 0.25) is 0 Å². The number of hydrogen-bond donors (Lipinski definition) is 1. The Morgan fingerprint density at radius 2 is 1.96 bits per heavy atom. The molecule has 4 heteroatoms. The Morgan fingerprint density at radius 3 is 2.43 bits per heavy atom. The molecule has 0 bridgehead atoms. The molecule has 1 aliphatic heterocycles. The fraction of sp³-hybridized carbons (Fsp3) is 0.708. The van der Waals surface area contributed by atoms with Gasteiger partial charge in [0.05, 0.1) is 0 Å². The van der Waals surface area contributed by atoms with Gasteiger partial charge in [-0.25, -0.2) is 0 Å². The van der Waals surface area contributed by atoms with Crippen molar-refractivity contribution in [3.05, 3.63) is 36.2 Å². The van der Waals surface area contributed by atoms with Gasteiger partial charge in [-0.1, -0.05) is 26.2 Å². The van der Waals surface area contributed by atoms with Crippen LogP contribution < -0.4 is 5.73 Å². The van der Waals surface area contributed by atoms with Crippen molar-refractivity contribution < 1.29 is 0 Å². The minimum absolute atomic E-state index is 0.382. The molecule has 1 heterocycles. The van der Waals surface area contributed by atoms with E-state index in [0.717, 1.165) is 55.5 Å². The van der Waals surface area contributed by atoms with E-state index in [0.29, 0.717) is 17.4 Å². The van der Waals surface area contributed by atoms with Crippen LogP contribution in [-0.2, 0) is 0 Å². The van der Waals surface area contributed by atoms with Crippen LogP contribution in [0.5, 0.6) is 0 Å². The van der Waals surface area contributed by atoms with Gasteiger partial charge in [-0.3, -0.25) is 4.99 Å². The number of allylic oxidation sites excluding steroid dienone is 2. The third-order valence-electron chi connectivity index (χ3n) is 7.15. The maximum absolute atomic E-state index is 5.88. The number of nitrogens with zero attached hydrogens (tertiary/aromatic N) is 3. The van der Waals surface area contributed by atoms with Crippen molar-refractivity contribution in [2.75, 3.05) is 33.2 Å². The summed E-state index contributed by atoms with van der Waals surface area (Å²) in [5, 5.41) is 0. The lowest BCUT2D eigenvalue weighted by Crippen LogP contribution is -2.35. The van der Waals surface area contributed by atoms with Gasteiger partial charge >= 0.3 is 0 Å². The van der Waals surface area contributed by atoms with Gasteiger partial charge in [-0.15, -0.1) is 0 Å². The van der Waals surface area contributed by atoms with Gasteiger partial charge in [-0.2, -0.15) is 0 Å². The normalized spacial score (nSPS) is 23.1. The molecule has 4 nitrogen and oxygen atoms in total. The van der Waals surface area contributed by atoms with Gasteiger partial charge in [0, 0.05) is 54.8 Å². The van der Waals surface area contributed by atoms with Crippen LogP contribution in [0.2, 0.25) is 0 Å². The summed E-state index contributed by atoms with van der Waals surface area (Å²) in [7, 11) is 2.17. The lowest BCUT2D eigenvalue weighted by atomic mass is 9.90. The highest BCUT2D eigenvalue weighted by molar-refractivity contribution is 5.84. The second-order valence-electron chi connectivity index (χ2n) is 9.06.